The van der Waals surface area contributed by atoms with E-state index >= 15 is 0 Å². The minimum atomic E-state index is -0.584. The van der Waals surface area contributed by atoms with Crippen molar-refractivity contribution < 1.29 is 9.47 Å². The van der Waals surface area contributed by atoms with E-state index in [1.807, 2.05) is 17.1 Å². The summed E-state index contributed by atoms with van der Waals surface area (Å²) in [6.45, 7) is 6.42. The van der Waals surface area contributed by atoms with E-state index < -0.39 is 5.79 Å². The zero-order valence-electron chi connectivity index (χ0n) is 12.7. The second-order valence-corrected chi connectivity index (χ2v) is 5.87. The van der Waals surface area contributed by atoms with Crippen LogP contribution in [0.5, 0.6) is 0 Å². The number of hydrogen-bond acceptors (Lipinski definition) is 3. The largest absolute Gasteiger partial charge is 0.348 e. The molecule has 0 aliphatic carbocycles. The lowest BCUT2D eigenvalue weighted by Crippen LogP contribution is -2.46. The van der Waals surface area contributed by atoms with Crippen molar-refractivity contribution in [3.8, 4) is 0 Å². The van der Waals surface area contributed by atoms with Crippen LogP contribution < -0.4 is 0 Å². The molecule has 0 saturated carbocycles. The third-order valence-electron chi connectivity index (χ3n) is 3.76. The van der Waals surface area contributed by atoms with Gasteiger partial charge in [-0.05, 0) is 25.8 Å². The highest BCUT2D eigenvalue weighted by Gasteiger charge is 2.35. The summed E-state index contributed by atoms with van der Waals surface area (Å²) < 4.78 is 14.1. The minimum Gasteiger partial charge on any atom is -0.348 e. The molecule has 21 heavy (non-hydrogen) atoms. The lowest BCUT2D eigenvalue weighted by Gasteiger charge is -2.37. The standard InChI is InChI=1S/C17H22N2O2/c1-14-8-15(2)10-16(9-14)11-17(20-6-3-7-21-17)12-19-5-4-18-13-19/h4-5,8-10,13H,3,6-7,11-12H2,1-2H3. The van der Waals surface area contributed by atoms with Crippen LogP contribution in [0.4, 0.5) is 0 Å². The second kappa shape index (κ2) is 6.00. The average molecular weight is 286 g/mol. The number of rotatable bonds is 4. The Morgan fingerprint density at radius 1 is 1.14 bits per heavy atom. The van der Waals surface area contributed by atoms with Gasteiger partial charge in [-0.15, -0.1) is 0 Å². The molecule has 2 aromatic rings. The average Bonchev–Trinajstić information content (AvgIpc) is 2.91. The van der Waals surface area contributed by atoms with Crippen LogP contribution in [0.25, 0.3) is 0 Å². The Hall–Kier alpha value is -1.65. The van der Waals surface area contributed by atoms with Gasteiger partial charge in [0, 0.05) is 18.8 Å². The first kappa shape index (κ1) is 14.3. The predicted molar refractivity (Wildman–Crippen MR) is 81.1 cm³/mol. The fourth-order valence-corrected chi connectivity index (χ4v) is 3.01. The first-order chi connectivity index (χ1) is 10.2. The van der Waals surface area contributed by atoms with Crippen LogP contribution in [0.1, 0.15) is 23.1 Å². The van der Waals surface area contributed by atoms with Gasteiger partial charge in [-0.2, -0.15) is 0 Å². The molecule has 1 aromatic carbocycles. The quantitative estimate of drug-likeness (QED) is 0.867. The normalized spacial score (nSPS) is 17.8. The zero-order valence-corrected chi connectivity index (χ0v) is 12.7. The number of benzene rings is 1. The molecule has 0 atom stereocenters. The van der Waals surface area contributed by atoms with Gasteiger partial charge in [0.1, 0.15) is 0 Å². The molecule has 0 amide bonds. The van der Waals surface area contributed by atoms with Gasteiger partial charge >= 0.3 is 0 Å². The molecule has 1 fully saturated rings. The predicted octanol–water partition coefficient (Wildman–Crippen LogP) is 2.88. The van der Waals surface area contributed by atoms with Crippen LogP contribution in [0.15, 0.2) is 36.9 Å². The third kappa shape index (κ3) is 3.52. The summed E-state index contributed by atoms with van der Waals surface area (Å²) in [6, 6.07) is 6.61. The van der Waals surface area contributed by atoms with E-state index in [1.165, 1.54) is 16.7 Å². The number of imidazole rings is 1. The highest BCUT2D eigenvalue weighted by Crippen LogP contribution is 2.27. The fourth-order valence-electron chi connectivity index (χ4n) is 3.01. The molecule has 3 rings (SSSR count). The lowest BCUT2D eigenvalue weighted by molar-refractivity contribution is -0.272. The number of nitrogens with zero attached hydrogens (tertiary/aromatic N) is 2. The van der Waals surface area contributed by atoms with E-state index in [0.717, 1.165) is 26.1 Å². The summed E-state index contributed by atoms with van der Waals surface area (Å²) in [7, 11) is 0. The maximum absolute atomic E-state index is 6.05. The SMILES string of the molecule is Cc1cc(C)cc(CC2(Cn3ccnc3)OCCCO2)c1. The molecular formula is C17H22N2O2. The number of hydrogen-bond donors (Lipinski definition) is 0. The van der Waals surface area contributed by atoms with Crippen molar-refractivity contribution in [3.05, 3.63) is 53.6 Å². The molecule has 1 aliphatic heterocycles. The third-order valence-corrected chi connectivity index (χ3v) is 3.76. The van der Waals surface area contributed by atoms with Gasteiger partial charge < -0.3 is 14.0 Å². The minimum absolute atomic E-state index is 0.584. The van der Waals surface area contributed by atoms with Gasteiger partial charge in [0.25, 0.3) is 0 Å². The Kier molecular flexibility index (Phi) is 4.08. The van der Waals surface area contributed by atoms with Gasteiger partial charge in [-0.25, -0.2) is 4.98 Å². The van der Waals surface area contributed by atoms with E-state index in [2.05, 4.69) is 37.0 Å². The van der Waals surface area contributed by atoms with E-state index in [1.54, 1.807) is 6.20 Å². The Balaban J connectivity index is 1.84. The summed E-state index contributed by atoms with van der Waals surface area (Å²) in [5.74, 6) is -0.584. The van der Waals surface area contributed by atoms with Crippen molar-refractivity contribution in [2.75, 3.05) is 13.2 Å². The van der Waals surface area contributed by atoms with Crippen LogP contribution >= 0.6 is 0 Å². The van der Waals surface area contributed by atoms with Crippen molar-refractivity contribution >= 4 is 0 Å². The summed E-state index contributed by atoms with van der Waals surface area (Å²) in [5, 5.41) is 0. The van der Waals surface area contributed by atoms with E-state index in [4.69, 9.17) is 9.47 Å². The molecule has 1 aliphatic rings. The van der Waals surface area contributed by atoms with E-state index in [0.29, 0.717) is 6.54 Å². The first-order valence-corrected chi connectivity index (χ1v) is 7.46. The summed E-state index contributed by atoms with van der Waals surface area (Å²) in [6.07, 6.45) is 7.26. The van der Waals surface area contributed by atoms with E-state index in [-0.39, 0.29) is 0 Å². The van der Waals surface area contributed by atoms with Gasteiger partial charge in [0.2, 0.25) is 0 Å². The number of aromatic nitrogens is 2. The Morgan fingerprint density at radius 3 is 2.48 bits per heavy atom. The molecule has 1 aromatic heterocycles. The summed E-state index contributed by atoms with van der Waals surface area (Å²) in [4.78, 5) is 4.11. The van der Waals surface area contributed by atoms with Gasteiger partial charge in [0.15, 0.2) is 5.79 Å². The highest BCUT2D eigenvalue weighted by molar-refractivity contribution is 5.29. The molecule has 112 valence electrons. The molecular weight excluding hydrogens is 264 g/mol. The van der Waals surface area contributed by atoms with E-state index in [9.17, 15) is 0 Å². The molecule has 1 saturated heterocycles. The van der Waals surface area contributed by atoms with Gasteiger partial charge in [-0.1, -0.05) is 29.3 Å². The number of ether oxygens (including phenoxy) is 2. The highest BCUT2D eigenvalue weighted by atomic mass is 16.7. The monoisotopic (exact) mass is 286 g/mol. The van der Waals surface area contributed by atoms with Crippen LogP contribution in [0.3, 0.4) is 0 Å². The first-order valence-electron chi connectivity index (χ1n) is 7.46. The van der Waals surface area contributed by atoms with Crippen LogP contribution in [-0.2, 0) is 22.4 Å². The van der Waals surface area contributed by atoms with Crippen LogP contribution in [-0.4, -0.2) is 28.6 Å². The molecule has 0 radical (unpaired) electrons. The Bertz CT molecular complexity index is 567. The van der Waals surface area contributed by atoms with Crippen LogP contribution in [0, 0.1) is 13.8 Å². The Labute approximate surface area is 125 Å². The molecule has 2 heterocycles. The molecule has 0 N–H and O–H groups in total. The summed E-state index contributed by atoms with van der Waals surface area (Å²) in [5.41, 5.74) is 3.81. The molecule has 4 nitrogen and oxygen atoms in total. The maximum Gasteiger partial charge on any atom is 0.190 e. The second-order valence-electron chi connectivity index (χ2n) is 5.87. The van der Waals surface area contributed by atoms with Gasteiger partial charge in [0.05, 0.1) is 26.1 Å². The molecule has 0 unspecified atom stereocenters. The Morgan fingerprint density at radius 2 is 1.86 bits per heavy atom. The van der Waals surface area contributed by atoms with Crippen LogP contribution in [0.2, 0.25) is 0 Å². The zero-order chi connectivity index (χ0) is 14.7. The lowest BCUT2D eigenvalue weighted by atomic mass is 9.99. The molecule has 0 bridgehead atoms. The van der Waals surface area contributed by atoms with Crippen molar-refractivity contribution in [1.29, 1.82) is 0 Å². The maximum atomic E-state index is 6.05. The van der Waals surface area contributed by atoms with Crippen molar-refractivity contribution in [3.63, 3.8) is 0 Å². The van der Waals surface area contributed by atoms with Crippen molar-refractivity contribution in [2.45, 2.75) is 39.0 Å². The topological polar surface area (TPSA) is 36.3 Å². The number of aryl methyl sites for hydroxylation is 2. The molecule has 0 spiro atoms. The van der Waals surface area contributed by atoms with Crippen molar-refractivity contribution in [2.24, 2.45) is 0 Å². The van der Waals surface area contributed by atoms with Gasteiger partial charge in [-0.3, -0.25) is 0 Å². The summed E-state index contributed by atoms with van der Waals surface area (Å²) >= 11 is 0. The molecule has 4 heteroatoms. The smallest absolute Gasteiger partial charge is 0.190 e. The van der Waals surface area contributed by atoms with Crippen molar-refractivity contribution in [1.82, 2.24) is 9.55 Å². The fraction of sp³-hybridized carbons (Fsp3) is 0.471.